The number of rotatable bonds is 6. The van der Waals surface area contributed by atoms with Gasteiger partial charge in [0.15, 0.2) is 7.14 Å². The van der Waals surface area contributed by atoms with Crippen molar-refractivity contribution in [2.45, 2.75) is 0 Å². The van der Waals surface area contributed by atoms with Crippen molar-refractivity contribution in [3.8, 4) is 33.5 Å². The maximum Gasteiger partial charge on any atom is 0.171 e. The van der Waals surface area contributed by atoms with Crippen LogP contribution in [-0.2, 0) is 4.57 Å². The summed E-state index contributed by atoms with van der Waals surface area (Å²) in [6.45, 7) is 0. The van der Waals surface area contributed by atoms with Crippen molar-refractivity contribution in [1.82, 2.24) is 4.98 Å². The molecule has 2 heterocycles. The molecule has 0 radical (unpaired) electrons. The molecule has 0 bridgehead atoms. The zero-order valence-corrected chi connectivity index (χ0v) is 32.6. The van der Waals surface area contributed by atoms with Crippen LogP contribution in [0.5, 0.6) is 0 Å². The van der Waals surface area contributed by atoms with Crippen LogP contribution in [0.25, 0.3) is 86.1 Å². The van der Waals surface area contributed by atoms with Gasteiger partial charge in [-0.05, 0) is 62.5 Å². The molecular weight excluding hydrogens is 730 g/mol. The number of pyridine rings is 1. The minimum absolute atomic E-state index is 0.814. The highest BCUT2D eigenvalue weighted by Crippen LogP contribution is 2.47. The molecule has 11 rings (SSSR count). The first-order chi connectivity index (χ1) is 28.1. The average molecular weight is 764 g/mol. The summed E-state index contributed by atoms with van der Waals surface area (Å²) in [7, 11) is -3.14. The maximum absolute atomic E-state index is 15.3. The van der Waals surface area contributed by atoms with Gasteiger partial charge in [-0.25, -0.2) is 4.98 Å². The molecule has 9 aromatic carbocycles. The molecule has 268 valence electrons. The van der Waals surface area contributed by atoms with Crippen LogP contribution in [-0.4, -0.2) is 4.98 Å². The summed E-state index contributed by atoms with van der Waals surface area (Å²) < 4.78 is 17.8. The quantitative estimate of drug-likeness (QED) is 0.125. The number of hydrogen-bond donors (Lipinski definition) is 0. The van der Waals surface area contributed by atoms with Crippen LogP contribution in [0.15, 0.2) is 206 Å². The lowest BCUT2D eigenvalue weighted by Gasteiger charge is -2.20. The van der Waals surface area contributed by atoms with Crippen LogP contribution < -0.4 is 15.9 Å². The number of hydrogen-bond acceptors (Lipinski definition) is 3. The van der Waals surface area contributed by atoms with Gasteiger partial charge in [-0.1, -0.05) is 182 Å². The number of fused-ring (bicyclic) bond motifs is 8. The fraction of sp³-hybridized carbons (Fsp3) is 0. The Balaban J connectivity index is 1.13. The van der Waals surface area contributed by atoms with Gasteiger partial charge in [0.2, 0.25) is 0 Å². The van der Waals surface area contributed by atoms with Crippen molar-refractivity contribution in [2.75, 3.05) is 0 Å². The molecule has 11 aromatic rings. The summed E-state index contributed by atoms with van der Waals surface area (Å²) in [4.78, 5) is 5.69. The van der Waals surface area contributed by atoms with Crippen LogP contribution in [0.4, 0.5) is 0 Å². The van der Waals surface area contributed by atoms with Crippen molar-refractivity contribution in [1.29, 1.82) is 0 Å². The monoisotopic (exact) mass is 763 g/mol. The lowest BCUT2D eigenvalue weighted by molar-refractivity contribution is 0.592. The summed E-state index contributed by atoms with van der Waals surface area (Å²) >= 11 is 1.83. The Labute approximate surface area is 334 Å². The van der Waals surface area contributed by atoms with Gasteiger partial charge < -0.3 is 4.57 Å². The third-order valence-corrected chi connectivity index (χ3v) is 15.6. The van der Waals surface area contributed by atoms with Crippen molar-refractivity contribution < 1.29 is 4.57 Å². The maximum atomic E-state index is 15.3. The topological polar surface area (TPSA) is 30.0 Å². The molecule has 0 atom stereocenters. The van der Waals surface area contributed by atoms with Crippen LogP contribution >= 0.6 is 18.5 Å². The molecule has 2 aromatic heterocycles. The Morgan fingerprint density at radius 1 is 0.404 bits per heavy atom. The van der Waals surface area contributed by atoms with E-state index >= 15 is 4.57 Å². The smallest absolute Gasteiger partial charge is 0.171 e. The van der Waals surface area contributed by atoms with Gasteiger partial charge >= 0.3 is 0 Å². The zero-order chi connectivity index (χ0) is 37.9. The van der Waals surface area contributed by atoms with Crippen LogP contribution in [0.1, 0.15) is 0 Å². The van der Waals surface area contributed by atoms with Gasteiger partial charge in [-0.3, -0.25) is 0 Å². The summed E-state index contributed by atoms with van der Waals surface area (Å²) in [5, 5.41) is 11.0. The molecule has 0 fully saturated rings. The Hall–Kier alpha value is -6.64. The second-order valence-electron chi connectivity index (χ2n) is 14.6. The molecule has 2 nitrogen and oxygen atoms in total. The normalized spacial score (nSPS) is 11.9. The predicted molar refractivity (Wildman–Crippen MR) is 245 cm³/mol. The molecule has 57 heavy (non-hydrogen) atoms. The summed E-state index contributed by atoms with van der Waals surface area (Å²) in [5.41, 5.74) is 7.36. The standard InChI is InChI=1S/C53H34NOPS/c55-56(39-20-3-1-4-21-39,40-22-5-2-6-23-40)41-24-14-18-36(33-41)35-17-13-19-37(32-35)43-29-15-30-47-50-46-28-11-12-31-49(46)57-53(50)52(54-51(43)47)48-34-38-16-7-8-25-42(38)44-26-9-10-27-45(44)48/h1-34H. The number of aromatic nitrogens is 1. The molecule has 4 heteroatoms. The van der Waals surface area contributed by atoms with E-state index in [-0.39, 0.29) is 0 Å². The minimum atomic E-state index is -3.14. The van der Waals surface area contributed by atoms with Gasteiger partial charge in [-0.2, -0.15) is 0 Å². The Bertz CT molecular complexity index is 3350. The van der Waals surface area contributed by atoms with E-state index < -0.39 is 7.14 Å². The fourth-order valence-corrected chi connectivity index (χ4v) is 12.6. The van der Waals surface area contributed by atoms with Crippen molar-refractivity contribution in [3.63, 3.8) is 0 Å². The van der Waals surface area contributed by atoms with E-state index in [2.05, 4.69) is 133 Å². The number of nitrogens with zero attached hydrogens (tertiary/aromatic N) is 1. The molecule has 0 aliphatic rings. The first-order valence-corrected chi connectivity index (χ1v) is 21.7. The van der Waals surface area contributed by atoms with Crippen molar-refractivity contribution in [2.24, 2.45) is 0 Å². The largest absolute Gasteiger partial charge is 0.309 e. The predicted octanol–water partition coefficient (Wildman–Crippen LogP) is 13.5. The number of benzene rings is 9. The molecule has 0 unspecified atom stereocenters. The van der Waals surface area contributed by atoms with Crippen LogP contribution in [0, 0.1) is 0 Å². The highest BCUT2D eigenvalue weighted by molar-refractivity contribution is 7.85. The van der Waals surface area contributed by atoms with Gasteiger partial charge in [0.05, 0.1) is 15.9 Å². The number of para-hydroxylation sites is 1. The fourth-order valence-electron chi connectivity index (χ4n) is 8.64. The van der Waals surface area contributed by atoms with Crippen LogP contribution in [0.2, 0.25) is 0 Å². The molecule has 0 amide bonds. The van der Waals surface area contributed by atoms with E-state index in [1.54, 1.807) is 0 Å². The molecule has 0 N–H and O–H groups in total. The van der Waals surface area contributed by atoms with E-state index in [4.69, 9.17) is 4.98 Å². The molecule has 0 aliphatic heterocycles. The van der Waals surface area contributed by atoms with E-state index in [1.807, 2.05) is 84.1 Å². The summed E-state index contributed by atoms with van der Waals surface area (Å²) in [6.07, 6.45) is 0. The Morgan fingerprint density at radius 2 is 0.965 bits per heavy atom. The van der Waals surface area contributed by atoms with Gasteiger partial charge in [0, 0.05) is 47.9 Å². The van der Waals surface area contributed by atoms with E-state index in [0.717, 1.165) is 60.3 Å². The SMILES string of the molecule is O=P(c1ccccc1)(c1ccccc1)c1cccc(-c2cccc(-c3cccc4c3nc(-c3cc5ccccc5c5ccccc35)c3sc5ccccc5c34)c2)c1. The average Bonchev–Trinajstić information content (AvgIpc) is 3.69. The minimum Gasteiger partial charge on any atom is -0.309 e. The first-order valence-electron chi connectivity index (χ1n) is 19.2. The van der Waals surface area contributed by atoms with E-state index in [1.165, 1.54) is 41.7 Å². The van der Waals surface area contributed by atoms with Crippen molar-refractivity contribution >= 4 is 87.0 Å². The summed E-state index contributed by atoms with van der Waals surface area (Å²) in [6, 6.07) is 71.8. The molecule has 0 spiro atoms. The van der Waals surface area contributed by atoms with E-state index in [9.17, 15) is 0 Å². The number of thiophene rings is 1. The van der Waals surface area contributed by atoms with Gasteiger partial charge in [-0.15, -0.1) is 11.3 Å². The van der Waals surface area contributed by atoms with Crippen molar-refractivity contribution in [3.05, 3.63) is 206 Å². The third kappa shape index (κ3) is 5.46. The molecule has 0 saturated heterocycles. The van der Waals surface area contributed by atoms with Gasteiger partial charge in [0.25, 0.3) is 0 Å². The Morgan fingerprint density at radius 3 is 1.74 bits per heavy atom. The highest BCUT2D eigenvalue weighted by Gasteiger charge is 2.30. The Kier molecular flexibility index (Phi) is 8.00. The first kappa shape index (κ1) is 33.7. The van der Waals surface area contributed by atoms with Crippen LogP contribution in [0.3, 0.4) is 0 Å². The second kappa shape index (κ2) is 13.5. The second-order valence-corrected chi connectivity index (χ2v) is 18.4. The lowest BCUT2D eigenvalue weighted by atomic mass is 9.93. The van der Waals surface area contributed by atoms with E-state index in [0.29, 0.717) is 0 Å². The highest BCUT2D eigenvalue weighted by atomic mass is 32.1. The summed E-state index contributed by atoms with van der Waals surface area (Å²) in [5.74, 6) is 0. The molecular formula is C53H34NOPS. The van der Waals surface area contributed by atoms with Gasteiger partial charge in [0.1, 0.15) is 0 Å². The lowest BCUT2D eigenvalue weighted by Crippen LogP contribution is -2.25. The molecule has 0 aliphatic carbocycles. The third-order valence-electron chi connectivity index (χ3n) is 11.3. The zero-order valence-electron chi connectivity index (χ0n) is 30.8. The molecule has 0 saturated carbocycles.